The molecule has 0 saturated heterocycles. The van der Waals surface area contributed by atoms with Crippen LogP contribution in [0, 0.1) is 0 Å². The second-order valence-electron chi connectivity index (χ2n) is 6.50. The van der Waals surface area contributed by atoms with Crippen molar-refractivity contribution in [3.8, 4) is 23.0 Å². The van der Waals surface area contributed by atoms with Crippen LogP contribution in [0.15, 0.2) is 58.8 Å². The van der Waals surface area contributed by atoms with Crippen LogP contribution < -0.4 is 18.9 Å². The third kappa shape index (κ3) is 7.15. The molecule has 0 unspecified atom stereocenters. The van der Waals surface area contributed by atoms with E-state index in [1.54, 1.807) is 48.5 Å². The molecule has 0 aliphatic heterocycles. The molecule has 170 valence electrons. The van der Waals surface area contributed by atoms with E-state index < -0.39 is 24.3 Å². The SMILES string of the molecule is COc1ccc(OC[C@H](N=[N+]=[N-])[C@@H](O)[C@H](O)[C@H](COc2ccc(OC)cc2)N=[N+]=[N-])cc1. The molecule has 2 aromatic carbocycles. The number of benzene rings is 2. The fraction of sp³-hybridized carbons (Fsp3) is 0.400. The zero-order valence-electron chi connectivity index (χ0n) is 17.6. The van der Waals surface area contributed by atoms with Gasteiger partial charge in [-0.1, -0.05) is 10.2 Å². The van der Waals surface area contributed by atoms with Crippen LogP contribution in [0.2, 0.25) is 0 Å². The minimum absolute atomic E-state index is 0.225. The van der Waals surface area contributed by atoms with Crippen molar-refractivity contribution in [2.24, 2.45) is 10.2 Å². The van der Waals surface area contributed by atoms with E-state index in [-0.39, 0.29) is 13.2 Å². The lowest BCUT2D eigenvalue weighted by molar-refractivity contribution is -0.0244. The molecular formula is C20H24N6O6. The van der Waals surface area contributed by atoms with E-state index in [1.165, 1.54) is 14.2 Å². The molecule has 0 bridgehead atoms. The molecule has 0 saturated carbocycles. The minimum atomic E-state index is -1.58. The van der Waals surface area contributed by atoms with Crippen molar-refractivity contribution in [3.63, 3.8) is 0 Å². The van der Waals surface area contributed by atoms with Crippen LogP contribution in [-0.4, -0.2) is 61.9 Å². The first-order valence-electron chi connectivity index (χ1n) is 9.50. The van der Waals surface area contributed by atoms with Gasteiger partial charge in [0.15, 0.2) is 0 Å². The van der Waals surface area contributed by atoms with E-state index in [4.69, 9.17) is 30.0 Å². The highest BCUT2D eigenvalue weighted by Crippen LogP contribution is 2.20. The Morgan fingerprint density at radius 3 is 1.28 bits per heavy atom. The van der Waals surface area contributed by atoms with Gasteiger partial charge in [-0.25, -0.2) is 0 Å². The predicted octanol–water partition coefficient (Wildman–Crippen LogP) is 3.24. The lowest BCUT2D eigenvalue weighted by Gasteiger charge is -2.27. The van der Waals surface area contributed by atoms with Crippen molar-refractivity contribution < 1.29 is 29.2 Å². The van der Waals surface area contributed by atoms with Crippen LogP contribution in [-0.2, 0) is 0 Å². The normalized spacial score (nSPS) is 14.0. The molecule has 0 aliphatic rings. The summed E-state index contributed by atoms with van der Waals surface area (Å²) in [4.78, 5) is 5.40. The molecule has 12 nitrogen and oxygen atoms in total. The van der Waals surface area contributed by atoms with Gasteiger partial charge in [0.25, 0.3) is 0 Å². The Labute approximate surface area is 184 Å². The fourth-order valence-corrected chi connectivity index (χ4v) is 2.70. The molecule has 0 aliphatic carbocycles. The summed E-state index contributed by atoms with van der Waals surface area (Å²) in [7, 11) is 3.06. The Bertz CT molecular complexity index is 851. The quantitative estimate of drug-likeness (QED) is 0.272. The van der Waals surface area contributed by atoms with Gasteiger partial charge < -0.3 is 29.2 Å². The van der Waals surface area contributed by atoms with Crippen LogP contribution in [0.5, 0.6) is 23.0 Å². The van der Waals surface area contributed by atoms with E-state index in [1.807, 2.05) is 0 Å². The molecule has 0 spiro atoms. The summed E-state index contributed by atoms with van der Waals surface area (Å²) in [6.45, 7) is -0.451. The molecule has 12 heteroatoms. The molecule has 2 rings (SSSR count). The zero-order valence-corrected chi connectivity index (χ0v) is 17.6. The van der Waals surface area contributed by atoms with Crippen LogP contribution >= 0.6 is 0 Å². The smallest absolute Gasteiger partial charge is 0.119 e. The van der Waals surface area contributed by atoms with Crippen molar-refractivity contribution in [1.82, 2.24) is 0 Å². The van der Waals surface area contributed by atoms with E-state index in [2.05, 4.69) is 20.1 Å². The summed E-state index contributed by atoms with van der Waals surface area (Å²) in [6, 6.07) is 11.0. The molecule has 0 heterocycles. The highest BCUT2D eigenvalue weighted by atomic mass is 16.5. The summed E-state index contributed by atoms with van der Waals surface area (Å²) in [5, 5.41) is 28.1. The third-order valence-corrected chi connectivity index (χ3v) is 4.50. The van der Waals surface area contributed by atoms with Crippen LogP contribution in [0.3, 0.4) is 0 Å². The summed E-state index contributed by atoms with van der Waals surface area (Å²) in [6.07, 6.45) is -3.17. The van der Waals surface area contributed by atoms with E-state index >= 15 is 0 Å². The number of rotatable bonds is 13. The number of aliphatic hydroxyl groups is 2. The molecule has 2 N–H and O–H groups in total. The third-order valence-electron chi connectivity index (χ3n) is 4.50. The Morgan fingerprint density at radius 2 is 1.00 bits per heavy atom. The number of ether oxygens (including phenoxy) is 4. The molecule has 0 fully saturated rings. The van der Waals surface area contributed by atoms with Gasteiger partial charge in [-0.2, -0.15) is 0 Å². The Hall–Kier alpha value is -3.82. The van der Waals surface area contributed by atoms with Gasteiger partial charge in [0.1, 0.15) is 23.0 Å². The van der Waals surface area contributed by atoms with Gasteiger partial charge in [-0.15, -0.1) is 0 Å². The highest BCUT2D eigenvalue weighted by Gasteiger charge is 2.32. The average molecular weight is 444 g/mol. The molecule has 0 amide bonds. The maximum Gasteiger partial charge on any atom is 0.119 e. The Balaban J connectivity index is 2.03. The topological polar surface area (TPSA) is 175 Å². The van der Waals surface area contributed by atoms with Gasteiger partial charge in [-0.3, -0.25) is 0 Å². The van der Waals surface area contributed by atoms with E-state index in [0.717, 1.165) is 0 Å². The first-order valence-corrected chi connectivity index (χ1v) is 9.50. The Kier molecular flexibility index (Phi) is 9.76. The number of nitrogens with zero attached hydrogens (tertiary/aromatic N) is 6. The first-order chi connectivity index (χ1) is 15.5. The molecule has 0 aromatic heterocycles. The molecule has 2 aromatic rings. The van der Waals surface area contributed by atoms with E-state index in [0.29, 0.717) is 23.0 Å². The van der Waals surface area contributed by atoms with Gasteiger partial charge in [0, 0.05) is 9.82 Å². The van der Waals surface area contributed by atoms with Crippen LogP contribution in [0.1, 0.15) is 0 Å². The maximum atomic E-state index is 10.6. The number of hydrogen-bond acceptors (Lipinski definition) is 8. The number of hydrogen-bond donors (Lipinski definition) is 2. The fourth-order valence-electron chi connectivity index (χ4n) is 2.70. The van der Waals surface area contributed by atoms with Crippen molar-refractivity contribution in [2.45, 2.75) is 24.3 Å². The predicted molar refractivity (Wildman–Crippen MR) is 115 cm³/mol. The van der Waals surface area contributed by atoms with Gasteiger partial charge >= 0.3 is 0 Å². The summed E-state index contributed by atoms with van der Waals surface area (Å²) < 4.78 is 21.2. The second kappa shape index (κ2) is 12.8. The standard InChI is InChI=1S/C20H24N6O6/c1-29-13-3-7-15(8-4-13)31-11-17(23-25-21)19(27)20(28)18(24-26-22)12-32-16-9-5-14(30-2)6-10-16/h3-10,17-20,27-28H,11-12H2,1-2H3/t17-,18-,19+,20+/m0/s1. The van der Waals surface area contributed by atoms with Crippen molar-refractivity contribution in [3.05, 3.63) is 69.4 Å². The molecule has 0 radical (unpaired) electrons. The second-order valence-corrected chi connectivity index (χ2v) is 6.50. The molecule has 4 atom stereocenters. The van der Waals surface area contributed by atoms with Crippen LogP contribution in [0.4, 0.5) is 0 Å². The summed E-state index contributed by atoms with van der Waals surface area (Å²) in [5.41, 5.74) is 17.7. The van der Waals surface area contributed by atoms with Gasteiger partial charge in [-0.05, 0) is 59.6 Å². The average Bonchev–Trinajstić information content (AvgIpc) is 2.84. The maximum absolute atomic E-state index is 10.6. The number of azide groups is 2. The lowest BCUT2D eigenvalue weighted by atomic mass is 10.0. The summed E-state index contributed by atoms with van der Waals surface area (Å²) >= 11 is 0. The molecular weight excluding hydrogens is 420 g/mol. The largest absolute Gasteiger partial charge is 0.497 e. The van der Waals surface area contributed by atoms with E-state index in [9.17, 15) is 10.2 Å². The monoisotopic (exact) mass is 444 g/mol. The highest BCUT2D eigenvalue weighted by molar-refractivity contribution is 5.32. The zero-order chi connectivity index (χ0) is 23.3. The number of aliphatic hydroxyl groups excluding tert-OH is 2. The van der Waals surface area contributed by atoms with Gasteiger partial charge in [0.2, 0.25) is 0 Å². The van der Waals surface area contributed by atoms with Crippen molar-refractivity contribution in [2.75, 3.05) is 27.4 Å². The first kappa shape index (κ1) is 24.4. The summed E-state index contributed by atoms with van der Waals surface area (Å²) in [5.74, 6) is 2.15. The van der Waals surface area contributed by atoms with Crippen molar-refractivity contribution in [1.29, 1.82) is 0 Å². The minimum Gasteiger partial charge on any atom is -0.497 e. The lowest BCUT2D eigenvalue weighted by Crippen LogP contribution is -2.46. The van der Waals surface area contributed by atoms with Crippen molar-refractivity contribution >= 4 is 0 Å². The Morgan fingerprint density at radius 1 is 0.688 bits per heavy atom. The van der Waals surface area contributed by atoms with Gasteiger partial charge in [0.05, 0.1) is 51.7 Å². The molecule has 32 heavy (non-hydrogen) atoms. The number of methoxy groups -OCH3 is 2. The van der Waals surface area contributed by atoms with Crippen LogP contribution in [0.25, 0.3) is 20.9 Å².